The summed E-state index contributed by atoms with van der Waals surface area (Å²) >= 11 is 0. The van der Waals surface area contributed by atoms with Crippen molar-refractivity contribution in [3.63, 3.8) is 0 Å². The van der Waals surface area contributed by atoms with E-state index in [1.807, 2.05) is 20.8 Å². The molecule has 0 unspecified atom stereocenters. The van der Waals surface area contributed by atoms with Crippen LogP contribution in [0.3, 0.4) is 0 Å². The number of aryl methyl sites for hydroxylation is 1. The van der Waals surface area contributed by atoms with Gasteiger partial charge in [0.25, 0.3) is 0 Å². The zero-order valence-electron chi connectivity index (χ0n) is 10.5. The fraction of sp³-hybridized carbons (Fsp3) is 0.545. The zero-order valence-corrected chi connectivity index (χ0v) is 10.5. The fourth-order valence-electron chi connectivity index (χ4n) is 1.67. The van der Waals surface area contributed by atoms with Crippen molar-refractivity contribution in [2.75, 3.05) is 18.0 Å². The van der Waals surface area contributed by atoms with E-state index >= 15 is 0 Å². The van der Waals surface area contributed by atoms with Gasteiger partial charge in [0.05, 0.1) is 12.2 Å². The summed E-state index contributed by atoms with van der Waals surface area (Å²) < 4.78 is 0. The van der Waals surface area contributed by atoms with Crippen molar-refractivity contribution >= 4 is 11.7 Å². The second-order valence-corrected chi connectivity index (χ2v) is 3.90. The highest BCUT2D eigenvalue weighted by molar-refractivity contribution is 5.79. The van der Waals surface area contributed by atoms with Gasteiger partial charge in [0.15, 0.2) is 5.82 Å². The van der Waals surface area contributed by atoms with E-state index in [-0.39, 0.29) is 6.54 Å². The molecule has 0 aliphatic rings. The first kappa shape index (κ1) is 13.4. The molecule has 0 spiro atoms. The average molecular weight is 237 g/mol. The molecule has 17 heavy (non-hydrogen) atoms. The number of anilines is 1. The van der Waals surface area contributed by atoms with Crippen molar-refractivity contribution in [2.24, 2.45) is 11.5 Å². The largest absolute Gasteiger partial charge is 0.368 e. The van der Waals surface area contributed by atoms with Crippen LogP contribution in [0.5, 0.6) is 0 Å². The van der Waals surface area contributed by atoms with E-state index in [4.69, 9.17) is 11.5 Å². The van der Waals surface area contributed by atoms with Gasteiger partial charge < -0.3 is 16.4 Å². The average Bonchev–Trinajstić information content (AvgIpc) is 2.29. The number of carbonyl (C=O) groups is 1. The Bertz CT molecular complexity index is 419. The van der Waals surface area contributed by atoms with Crippen LogP contribution in [-0.2, 0) is 11.3 Å². The Morgan fingerprint density at radius 3 is 2.47 bits per heavy atom. The smallest absolute Gasteiger partial charge is 0.236 e. The zero-order chi connectivity index (χ0) is 13.0. The Kier molecular flexibility index (Phi) is 4.39. The third-order valence-corrected chi connectivity index (χ3v) is 2.79. The highest BCUT2D eigenvalue weighted by Gasteiger charge is 2.16. The standard InChI is InChI=1S/C11H19N5O/c1-4-16(6-10(13)17)11-9(5-12)7(2)8(3)14-15-11/h4-6,12H2,1-3H3,(H2,13,17). The molecule has 6 heteroatoms. The van der Waals surface area contributed by atoms with Crippen molar-refractivity contribution in [1.82, 2.24) is 10.2 Å². The number of primary amides is 1. The van der Waals surface area contributed by atoms with Crippen LogP contribution in [0, 0.1) is 13.8 Å². The number of likely N-dealkylation sites (N-methyl/N-ethyl adjacent to an activating group) is 1. The lowest BCUT2D eigenvalue weighted by molar-refractivity contribution is -0.116. The van der Waals surface area contributed by atoms with Crippen LogP contribution in [-0.4, -0.2) is 29.2 Å². The third-order valence-electron chi connectivity index (χ3n) is 2.79. The predicted octanol–water partition coefficient (Wildman–Crippen LogP) is -0.136. The summed E-state index contributed by atoms with van der Waals surface area (Å²) in [6.07, 6.45) is 0. The lowest BCUT2D eigenvalue weighted by Crippen LogP contribution is -2.35. The lowest BCUT2D eigenvalue weighted by Gasteiger charge is -2.23. The van der Waals surface area contributed by atoms with Gasteiger partial charge in [0.1, 0.15) is 0 Å². The first-order valence-electron chi connectivity index (χ1n) is 5.57. The monoisotopic (exact) mass is 237 g/mol. The maximum absolute atomic E-state index is 11.0. The minimum atomic E-state index is -0.394. The van der Waals surface area contributed by atoms with Gasteiger partial charge in [-0.15, -0.1) is 5.10 Å². The van der Waals surface area contributed by atoms with E-state index in [1.165, 1.54) is 0 Å². The van der Waals surface area contributed by atoms with Crippen molar-refractivity contribution in [1.29, 1.82) is 0 Å². The van der Waals surface area contributed by atoms with E-state index in [9.17, 15) is 4.79 Å². The maximum atomic E-state index is 11.0. The van der Waals surface area contributed by atoms with Crippen molar-refractivity contribution in [3.05, 3.63) is 16.8 Å². The number of nitrogens with two attached hydrogens (primary N) is 2. The number of amides is 1. The Labute approximate surface area is 101 Å². The molecule has 1 heterocycles. The van der Waals surface area contributed by atoms with Crippen molar-refractivity contribution < 1.29 is 4.79 Å². The number of nitrogens with zero attached hydrogens (tertiary/aromatic N) is 3. The quantitative estimate of drug-likeness (QED) is 0.743. The van der Waals surface area contributed by atoms with E-state index in [0.29, 0.717) is 18.9 Å². The molecule has 4 N–H and O–H groups in total. The van der Waals surface area contributed by atoms with Gasteiger partial charge >= 0.3 is 0 Å². The minimum Gasteiger partial charge on any atom is -0.368 e. The van der Waals surface area contributed by atoms with Crippen molar-refractivity contribution in [2.45, 2.75) is 27.3 Å². The SMILES string of the molecule is CCN(CC(N)=O)c1nnc(C)c(C)c1CN. The topological polar surface area (TPSA) is 98.1 Å². The molecule has 1 amide bonds. The Balaban J connectivity index is 3.19. The normalized spacial score (nSPS) is 10.4. The minimum absolute atomic E-state index is 0.126. The molecule has 6 nitrogen and oxygen atoms in total. The van der Waals surface area contributed by atoms with Crippen LogP contribution in [0.25, 0.3) is 0 Å². The summed E-state index contributed by atoms with van der Waals surface area (Å²) in [6, 6.07) is 0. The Morgan fingerprint density at radius 1 is 1.35 bits per heavy atom. The predicted molar refractivity (Wildman–Crippen MR) is 66.5 cm³/mol. The number of carbonyl (C=O) groups excluding carboxylic acids is 1. The summed E-state index contributed by atoms with van der Waals surface area (Å²) in [7, 11) is 0. The van der Waals surface area contributed by atoms with Gasteiger partial charge in [0, 0.05) is 18.7 Å². The molecule has 0 atom stereocenters. The summed E-state index contributed by atoms with van der Waals surface area (Å²) in [5.74, 6) is 0.256. The Hall–Kier alpha value is -1.69. The molecule has 0 aliphatic carbocycles. The highest BCUT2D eigenvalue weighted by atomic mass is 16.1. The second-order valence-electron chi connectivity index (χ2n) is 3.90. The van der Waals surface area contributed by atoms with E-state index in [2.05, 4.69) is 10.2 Å². The molecule has 94 valence electrons. The van der Waals surface area contributed by atoms with Crippen LogP contribution in [0.1, 0.15) is 23.7 Å². The fourth-order valence-corrected chi connectivity index (χ4v) is 1.67. The molecular formula is C11H19N5O. The molecule has 1 aromatic rings. The second kappa shape index (κ2) is 5.58. The molecule has 0 aromatic carbocycles. The number of aromatic nitrogens is 2. The molecular weight excluding hydrogens is 218 g/mol. The molecule has 0 saturated carbocycles. The van der Waals surface area contributed by atoms with Gasteiger partial charge in [-0.3, -0.25) is 4.79 Å². The van der Waals surface area contributed by atoms with Gasteiger partial charge in [-0.2, -0.15) is 5.10 Å². The molecule has 0 aliphatic heterocycles. The van der Waals surface area contributed by atoms with Crippen LogP contribution in [0.15, 0.2) is 0 Å². The summed E-state index contributed by atoms with van der Waals surface area (Å²) in [5, 5.41) is 8.19. The Morgan fingerprint density at radius 2 is 2.00 bits per heavy atom. The van der Waals surface area contributed by atoms with Gasteiger partial charge in [-0.05, 0) is 26.3 Å². The highest BCUT2D eigenvalue weighted by Crippen LogP contribution is 2.21. The summed E-state index contributed by atoms with van der Waals surface area (Å²) in [4.78, 5) is 12.8. The summed E-state index contributed by atoms with van der Waals surface area (Å²) in [6.45, 7) is 6.89. The number of hydrogen-bond acceptors (Lipinski definition) is 5. The van der Waals surface area contributed by atoms with Gasteiger partial charge in [-0.1, -0.05) is 0 Å². The lowest BCUT2D eigenvalue weighted by atomic mass is 10.1. The van der Waals surface area contributed by atoms with E-state index < -0.39 is 5.91 Å². The number of hydrogen-bond donors (Lipinski definition) is 2. The van der Waals surface area contributed by atoms with Crippen LogP contribution in [0.4, 0.5) is 5.82 Å². The molecule has 0 fully saturated rings. The molecule has 0 bridgehead atoms. The molecule has 1 aromatic heterocycles. The van der Waals surface area contributed by atoms with Crippen LogP contribution in [0.2, 0.25) is 0 Å². The molecule has 1 rings (SSSR count). The molecule has 0 radical (unpaired) electrons. The maximum Gasteiger partial charge on any atom is 0.236 e. The summed E-state index contributed by atoms with van der Waals surface area (Å²) in [5.41, 5.74) is 13.7. The van der Waals surface area contributed by atoms with Crippen LogP contribution < -0.4 is 16.4 Å². The first-order chi connectivity index (χ1) is 8.01. The third kappa shape index (κ3) is 2.91. The van der Waals surface area contributed by atoms with Crippen molar-refractivity contribution in [3.8, 4) is 0 Å². The van der Waals surface area contributed by atoms with Gasteiger partial charge in [0.2, 0.25) is 5.91 Å². The van der Waals surface area contributed by atoms with E-state index in [0.717, 1.165) is 16.8 Å². The number of rotatable bonds is 5. The molecule has 0 saturated heterocycles. The van der Waals surface area contributed by atoms with Crippen LogP contribution >= 0.6 is 0 Å². The van der Waals surface area contributed by atoms with E-state index in [1.54, 1.807) is 4.90 Å². The first-order valence-corrected chi connectivity index (χ1v) is 5.57. The van der Waals surface area contributed by atoms with Gasteiger partial charge in [-0.25, -0.2) is 0 Å².